The van der Waals surface area contributed by atoms with Gasteiger partial charge in [0.2, 0.25) is 0 Å². The van der Waals surface area contributed by atoms with Crippen LogP contribution in [0.15, 0.2) is 60.9 Å². The Bertz CT molecular complexity index is 1800. The maximum Gasteiger partial charge on any atom is 0.253 e. The molecule has 5 rings (SSSR count). The van der Waals surface area contributed by atoms with E-state index in [2.05, 4.69) is 22.4 Å². The molecule has 3 N–H and O–H groups in total. The Balaban J connectivity index is 1.56. The van der Waals surface area contributed by atoms with Crippen molar-refractivity contribution in [1.82, 2.24) is 29.0 Å². The summed E-state index contributed by atoms with van der Waals surface area (Å²) < 4.78 is 3.80. The monoisotopic (exact) mass is 595 g/mol. The highest BCUT2D eigenvalue weighted by Crippen LogP contribution is 2.33. The molecule has 0 aliphatic heterocycles. The molecule has 0 fully saturated rings. The fourth-order valence-electron chi connectivity index (χ4n) is 5.29. The average Bonchev–Trinajstić information content (AvgIpc) is 3.60. The Morgan fingerprint density at radius 3 is 2.57 bits per heavy atom. The lowest BCUT2D eigenvalue weighted by atomic mass is 9.90. The second kappa shape index (κ2) is 12.6. The molecule has 230 valence electrons. The Kier molecular flexibility index (Phi) is 8.85. The number of aromatic nitrogens is 5. The molecule has 10 nitrogen and oxygen atoms in total. The van der Waals surface area contributed by atoms with Crippen molar-refractivity contribution in [2.75, 3.05) is 32.1 Å². The van der Waals surface area contributed by atoms with Crippen molar-refractivity contribution in [3.8, 4) is 22.5 Å². The molecule has 0 atom stereocenters. The van der Waals surface area contributed by atoms with Gasteiger partial charge in [-0.1, -0.05) is 44.2 Å². The van der Waals surface area contributed by atoms with Crippen LogP contribution in [0.5, 0.6) is 0 Å². The highest BCUT2D eigenvalue weighted by atomic mass is 16.3. The largest absolute Gasteiger partial charge is 0.396 e. The number of aliphatic hydroxyl groups excluding tert-OH is 2. The van der Waals surface area contributed by atoms with Gasteiger partial charge in [0.15, 0.2) is 5.65 Å². The number of amides is 1. The number of benzene rings is 2. The van der Waals surface area contributed by atoms with Gasteiger partial charge in [0, 0.05) is 74.4 Å². The van der Waals surface area contributed by atoms with E-state index in [4.69, 9.17) is 10.1 Å². The first-order valence-electron chi connectivity index (χ1n) is 14.8. The first-order chi connectivity index (χ1) is 21.0. The Hall–Kier alpha value is -4.54. The lowest BCUT2D eigenvalue weighted by molar-refractivity contribution is 0.0785. The van der Waals surface area contributed by atoms with Crippen LogP contribution in [0.2, 0.25) is 0 Å². The number of aliphatic hydroxyl groups is 2. The van der Waals surface area contributed by atoms with Crippen LogP contribution in [0.3, 0.4) is 0 Å². The van der Waals surface area contributed by atoms with Gasteiger partial charge in [-0.15, -0.1) is 0 Å². The topological polar surface area (TPSA) is 121 Å². The zero-order chi connectivity index (χ0) is 31.6. The van der Waals surface area contributed by atoms with Crippen LogP contribution < -0.4 is 5.32 Å². The van der Waals surface area contributed by atoms with Crippen molar-refractivity contribution < 1.29 is 15.0 Å². The molecule has 0 saturated carbocycles. The summed E-state index contributed by atoms with van der Waals surface area (Å²) in [5.74, 6) is 1.54. The van der Waals surface area contributed by atoms with Gasteiger partial charge in [-0.3, -0.25) is 4.79 Å². The third-order valence-electron chi connectivity index (χ3n) is 8.09. The van der Waals surface area contributed by atoms with E-state index in [1.807, 2.05) is 81.9 Å². The Morgan fingerprint density at radius 2 is 1.86 bits per heavy atom. The molecule has 0 unspecified atom stereocenters. The van der Waals surface area contributed by atoms with Crippen molar-refractivity contribution in [2.45, 2.75) is 46.1 Å². The summed E-state index contributed by atoms with van der Waals surface area (Å²) in [7, 11) is 3.73. The molecule has 0 aliphatic carbocycles. The summed E-state index contributed by atoms with van der Waals surface area (Å²) in [4.78, 5) is 24.5. The zero-order valence-corrected chi connectivity index (χ0v) is 26.3. The lowest BCUT2D eigenvalue weighted by Gasteiger charge is -2.22. The minimum absolute atomic E-state index is 0.0301. The van der Waals surface area contributed by atoms with Gasteiger partial charge in [-0.05, 0) is 49.1 Å². The molecular weight excluding hydrogens is 554 g/mol. The maximum atomic E-state index is 13.3. The predicted octanol–water partition coefficient (Wildman–Crippen LogP) is 4.75. The fraction of sp³-hybridized carbons (Fsp3) is 0.353. The minimum Gasteiger partial charge on any atom is -0.396 e. The molecule has 3 heterocycles. The Labute approximate surface area is 258 Å². The number of aryl methyl sites for hydroxylation is 3. The summed E-state index contributed by atoms with van der Waals surface area (Å²) in [5.41, 5.74) is 6.77. The van der Waals surface area contributed by atoms with Gasteiger partial charge < -0.3 is 25.0 Å². The number of anilines is 1. The number of nitrogens with one attached hydrogen (secondary N) is 1. The van der Waals surface area contributed by atoms with Gasteiger partial charge in [0.25, 0.3) is 5.91 Å². The van der Waals surface area contributed by atoms with Crippen LogP contribution in [0, 0.1) is 13.8 Å². The van der Waals surface area contributed by atoms with Gasteiger partial charge in [-0.25, -0.2) is 9.97 Å². The van der Waals surface area contributed by atoms with E-state index < -0.39 is 5.41 Å². The average molecular weight is 596 g/mol. The highest BCUT2D eigenvalue weighted by Gasteiger charge is 2.26. The van der Waals surface area contributed by atoms with Crippen molar-refractivity contribution in [3.05, 3.63) is 89.0 Å². The summed E-state index contributed by atoms with van der Waals surface area (Å²) in [5, 5.41) is 27.9. The molecule has 0 spiro atoms. The van der Waals surface area contributed by atoms with Crippen LogP contribution in [0.25, 0.3) is 28.2 Å². The number of rotatable bonds is 11. The lowest BCUT2D eigenvalue weighted by Crippen LogP contribution is -2.28. The third-order valence-corrected chi connectivity index (χ3v) is 8.09. The van der Waals surface area contributed by atoms with E-state index >= 15 is 0 Å². The van der Waals surface area contributed by atoms with E-state index in [-0.39, 0.29) is 19.1 Å². The van der Waals surface area contributed by atoms with E-state index in [9.17, 15) is 15.0 Å². The molecule has 5 aromatic rings. The van der Waals surface area contributed by atoms with Crippen molar-refractivity contribution in [2.24, 2.45) is 7.05 Å². The molecule has 10 heteroatoms. The van der Waals surface area contributed by atoms with Gasteiger partial charge >= 0.3 is 0 Å². The standard InChI is InChI=1S/C34H41N7O3/c1-22-11-12-25(18-27(22)33(44)40(6)14-8-16-42)30-23(2)38-41-29(19-28(37-32(30)41)34(3,4)21-43)36-20-24-9-7-10-26(17-24)31-35-13-15-39(31)5/h7,9-13,15,17-19,36,42-43H,8,14,16,20-21H2,1-6H3. The fourth-order valence-corrected chi connectivity index (χ4v) is 5.29. The van der Waals surface area contributed by atoms with Crippen molar-refractivity contribution >= 4 is 17.4 Å². The van der Waals surface area contributed by atoms with Gasteiger partial charge in [0.1, 0.15) is 11.6 Å². The van der Waals surface area contributed by atoms with E-state index in [1.165, 1.54) is 0 Å². The summed E-state index contributed by atoms with van der Waals surface area (Å²) in [6.45, 7) is 8.74. The molecule has 0 bridgehead atoms. The molecule has 0 saturated heterocycles. The predicted molar refractivity (Wildman–Crippen MR) is 173 cm³/mol. The normalized spacial score (nSPS) is 11.7. The summed E-state index contributed by atoms with van der Waals surface area (Å²) >= 11 is 0. The third kappa shape index (κ3) is 6.09. The number of fused-ring (bicyclic) bond motifs is 1. The molecule has 0 aliphatic rings. The first kappa shape index (κ1) is 30.9. The number of carbonyl (C=O) groups is 1. The van der Waals surface area contributed by atoms with Crippen LogP contribution in [-0.2, 0) is 19.0 Å². The number of hydrogen-bond acceptors (Lipinski definition) is 7. The number of imidazole rings is 1. The first-order valence-corrected chi connectivity index (χ1v) is 14.8. The second-order valence-corrected chi connectivity index (χ2v) is 12.0. The number of nitrogens with zero attached hydrogens (tertiary/aromatic N) is 6. The van der Waals surface area contributed by atoms with Gasteiger partial charge in [0.05, 0.1) is 18.0 Å². The molecule has 2 aromatic carbocycles. The van der Waals surface area contributed by atoms with Crippen molar-refractivity contribution in [1.29, 1.82) is 0 Å². The second-order valence-electron chi connectivity index (χ2n) is 12.0. The van der Waals surface area contributed by atoms with Crippen LogP contribution in [-0.4, -0.2) is 72.0 Å². The quantitative estimate of drug-likeness (QED) is 0.202. The van der Waals surface area contributed by atoms with Gasteiger partial charge in [-0.2, -0.15) is 9.61 Å². The van der Waals surface area contributed by atoms with E-state index in [0.717, 1.165) is 50.8 Å². The molecule has 3 aromatic heterocycles. The van der Waals surface area contributed by atoms with Crippen molar-refractivity contribution in [3.63, 3.8) is 0 Å². The SMILES string of the molecule is Cc1ccc(-c2c(C)nn3c(NCc4cccc(-c5nccn5C)c4)cc(C(C)(C)CO)nc23)cc1C(=O)N(C)CCCO. The van der Waals surface area contributed by atoms with E-state index in [0.29, 0.717) is 30.7 Å². The molecule has 1 amide bonds. The number of hydrogen-bond donors (Lipinski definition) is 3. The summed E-state index contributed by atoms with van der Waals surface area (Å²) in [6, 6.07) is 16.0. The maximum absolute atomic E-state index is 13.3. The van der Waals surface area contributed by atoms with Crippen LogP contribution in [0.1, 0.15) is 53.1 Å². The minimum atomic E-state index is -0.602. The van der Waals surface area contributed by atoms with Crippen LogP contribution >= 0.6 is 0 Å². The molecular formula is C34H41N7O3. The highest BCUT2D eigenvalue weighted by molar-refractivity contribution is 5.97. The van der Waals surface area contributed by atoms with Crippen LogP contribution in [0.4, 0.5) is 5.82 Å². The molecule has 44 heavy (non-hydrogen) atoms. The smallest absolute Gasteiger partial charge is 0.253 e. The molecule has 0 radical (unpaired) electrons. The number of carbonyl (C=O) groups excluding carboxylic acids is 1. The zero-order valence-electron chi connectivity index (χ0n) is 26.3. The Morgan fingerprint density at radius 1 is 1.07 bits per heavy atom. The van der Waals surface area contributed by atoms with E-state index in [1.54, 1.807) is 22.7 Å². The summed E-state index contributed by atoms with van der Waals surface area (Å²) in [6.07, 6.45) is 4.24.